The summed E-state index contributed by atoms with van der Waals surface area (Å²) in [6.45, 7) is 4.11. The third kappa shape index (κ3) is 4.06. The van der Waals surface area contributed by atoms with Gasteiger partial charge in [-0.2, -0.15) is 5.10 Å². The van der Waals surface area contributed by atoms with E-state index in [1.807, 2.05) is 0 Å². The van der Waals surface area contributed by atoms with E-state index in [4.69, 9.17) is 0 Å². The van der Waals surface area contributed by atoms with Gasteiger partial charge in [-0.3, -0.25) is 9.89 Å². The molecule has 7 heteroatoms. The number of H-pyrrole nitrogens is 1. The third-order valence-corrected chi connectivity index (χ3v) is 3.21. The number of carbonyl (C=O) groups is 1. The maximum Gasteiger partial charge on any atom is 0.276 e. The minimum absolute atomic E-state index is 0.0454. The van der Waals surface area contributed by atoms with Crippen LogP contribution in [0.3, 0.4) is 0 Å². The highest BCUT2D eigenvalue weighted by atomic mass is 19.1. The van der Waals surface area contributed by atoms with Crippen LogP contribution in [-0.2, 0) is 6.42 Å². The first-order valence-corrected chi connectivity index (χ1v) is 7.30. The van der Waals surface area contributed by atoms with Crippen molar-refractivity contribution >= 4 is 17.3 Å². The molecular weight excluding hydrogens is 302 g/mol. The van der Waals surface area contributed by atoms with Gasteiger partial charge in [-0.05, 0) is 30.5 Å². The van der Waals surface area contributed by atoms with Gasteiger partial charge in [-0.1, -0.05) is 13.8 Å². The number of rotatable bonds is 5. The molecule has 2 rings (SSSR count). The number of nitrogens with one attached hydrogen (secondary N) is 2. The molecule has 0 spiro atoms. The van der Waals surface area contributed by atoms with Gasteiger partial charge < -0.3 is 10.2 Å². The van der Waals surface area contributed by atoms with Crippen molar-refractivity contribution in [3.05, 3.63) is 41.2 Å². The fraction of sp³-hybridized carbons (Fsp3) is 0.375. The van der Waals surface area contributed by atoms with Crippen LogP contribution < -0.4 is 10.2 Å². The summed E-state index contributed by atoms with van der Waals surface area (Å²) in [5, 5.41) is 9.16. The van der Waals surface area contributed by atoms with Crippen LogP contribution in [0.15, 0.2) is 18.2 Å². The van der Waals surface area contributed by atoms with Crippen LogP contribution in [0.5, 0.6) is 0 Å². The highest BCUT2D eigenvalue weighted by molar-refractivity contribution is 6.03. The van der Waals surface area contributed by atoms with Gasteiger partial charge in [0.2, 0.25) is 0 Å². The fourth-order valence-corrected chi connectivity index (χ4v) is 2.28. The van der Waals surface area contributed by atoms with Crippen molar-refractivity contribution in [2.45, 2.75) is 20.3 Å². The first-order valence-electron chi connectivity index (χ1n) is 7.30. The van der Waals surface area contributed by atoms with E-state index in [9.17, 15) is 13.6 Å². The largest absolute Gasteiger partial charge is 0.373 e. The van der Waals surface area contributed by atoms with Crippen molar-refractivity contribution in [1.29, 1.82) is 0 Å². The Morgan fingerprint density at radius 2 is 1.87 bits per heavy atom. The topological polar surface area (TPSA) is 61.0 Å². The summed E-state index contributed by atoms with van der Waals surface area (Å²) < 4.78 is 27.8. The number of aromatic amines is 1. The molecule has 1 aromatic carbocycles. The third-order valence-electron chi connectivity index (χ3n) is 3.21. The predicted molar refractivity (Wildman–Crippen MR) is 85.8 cm³/mol. The van der Waals surface area contributed by atoms with E-state index in [-0.39, 0.29) is 17.1 Å². The van der Waals surface area contributed by atoms with E-state index < -0.39 is 17.5 Å². The summed E-state index contributed by atoms with van der Waals surface area (Å²) in [5.74, 6) is -1.58. The molecule has 0 saturated heterocycles. The number of aromatic nitrogens is 2. The number of anilines is 2. The summed E-state index contributed by atoms with van der Waals surface area (Å²) in [4.78, 5) is 13.4. The maximum absolute atomic E-state index is 13.9. The van der Waals surface area contributed by atoms with Crippen molar-refractivity contribution in [3.8, 4) is 0 Å². The average Bonchev–Trinajstić information content (AvgIpc) is 2.84. The van der Waals surface area contributed by atoms with E-state index in [2.05, 4.69) is 29.4 Å². The monoisotopic (exact) mass is 322 g/mol. The highest BCUT2D eigenvalue weighted by Crippen LogP contribution is 2.25. The fourth-order valence-electron chi connectivity index (χ4n) is 2.28. The SMILES string of the molecule is CC(C)Cc1cc(C(=O)Nc2cc(F)c(N(C)C)c(F)c2)n[nH]1. The molecule has 1 aromatic heterocycles. The van der Waals surface area contributed by atoms with E-state index in [1.165, 1.54) is 4.90 Å². The van der Waals surface area contributed by atoms with Gasteiger partial charge in [0.25, 0.3) is 5.91 Å². The minimum Gasteiger partial charge on any atom is -0.373 e. The van der Waals surface area contributed by atoms with Crippen molar-refractivity contribution in [1.82, 2.24) is 10.2 Å². The van der Waals surface area contributed by atoms with Crippen LogP contribution in [0.25, 0.3) is 0 Å². The molecule has 0 aliphatic rings. The quantitative estimate of drug-likeness (QED) is 0.888. The van der Waals surface area contributed by atoms with Gasteiger partial charge in [0.1, 0.15) is 5.69 Å². The molecule has 124 valence electrons. The lowest BCUT2D eigenvalue weighted by molar-refractivity contribution is 0.102. The number of hydrogen-bond acceptors (Lipinski definition) is 3. The summed E-state index contributed by atoms with van der Waals surface area (Å²) in [7, 11) is 3.08. The van der Waals surface area contributed by atoms with Crippen molar-refractivity contribution in [3.63, 3.8) is 0 Å². The number of hydrogen-bond donors (Lipinski definition) is 2. The first-order chi connectivity index (χ1) is 10.8. The molecule has 0 saturated carbocycles. The number of carbonyl (C=O) groups excluding carboxylic acids is 1. The Morgan fingerprint density at radius 1 is 1.26 bits per heavy atom. The van der Waals surface area contributed by atoms with Crippen molar-refractivity contribution in [2.75, 3.05) is 24.3 Å². The standard InChI is InChI=1S/C16H20F2N4O/c1-9(2)5-11-8-14(21-20-11)16(23)19-10-6-12(17)15(22(3)4)13(18)7-10/h6-9H,5H2,1-4H3,(H,19,23)(H,20,21). The predicted octanol–water partition coefficient (Wildman–Crippen LogP) is 3.20. The zero-order chi connectivity index (χ0) is 17.1. The van der Waals surface area contributed by atoms with Crippen LogP contribution in [-0.4, -0.2) is 30.2 Å². The smallest absolute Gasteiger partial charge is 0.276 e. The van der Waals surface area contributed by atoms with E-state index in [1.54, 1.807) is 20.2 Å². The van der Waals surface area contributed by atoms with E-state index >= 15 is 0 Å². The second-order valence-corrected chi connectivity index (χ2v) is 6.01. The molecule has 2 aromatic rings. The summed E-state index contributed by atoms with van der Waals surface area (Å²) in [6.07, 6.45) is 0.765. The number of amides is 1. The number of halogens is 2. The Balaban J connectivity index is 2.16. The summed E-state index contributed by atoms with van der Waals surface area (Å²) in [6, 6.07) is 3.80. The lowest BCUT2D eigenvalue weighted by atomic mass is 10.1. The van der Waals surface area contributed by atoms with Gasteiger partial charge in [-0.25, -0.2) is 8.78 Å². The molecule has 0 aliphatic carbocycles. The first kappa shape index (κ1) is 16.9. The Labute approximate surface area is 133 Å². The molecule has 2 N–H and O–H groups in total. The molecule has 0 radical (unpaired) electrons. The second-order valence-electron chi connectivity index (χ2n) is 6.01. The molecule has 23 heavy (non-hydrogen) atoms. The van der Waals surface area contributed by atoms with Crippen LogP contribution in [0.1, 0.15) is 30.0 Å². The minimum atomic E-state index is -0.743. The number of benzene rings is 1. The van der Waals surface area contributed by atoms with Gasteiger partial charge in [0, 0.05) is 25.5 Å². The van der Waals surface area contributed by atoms with Crippen LogP contribution in [0, 0.1) is 17.6 Å². The second kappa shape index (κ2) is 6.76. The van der Waals surface area contributed by atoms with Crippen LogP contribution in [0.2, 0.25) is 0 Å². The van der Waals surface area contributed by atoms with E-state index in [0.717, 1.165) is 24.2 Å². The molecule has 0 fully saturated rings. The molecule has 5 nitrogen and oxygen atoms in total. The summed E-state index contributed by atoms with van der Waals surface area (Å²) >= 11 is 0. The lowest BCUT2D eigenvalue weighted by Gasteiger charge is -2.15. The van der Waals surface area contributed by atoms with Gasteiger partial charge in [0.05, 0.1) is 0 Å². The van der Waals surface area contributed by atoms with Gasteiger partial charge >= 0.3 is 0 Å². The summed E-state index contributed by atoms with van der Waals surface area (Å²) in [5.41, 5.74) is 0.912. The molecule has 0 atom stereocenters. The molecule has 0 bridgehead atoms. The molecule has 0 unspecified atom stereocenters. The molecule has 1 heterocycles. The van der Waals surface area contributed by atoms with E-state index in [0.29, 0.717) is 5.92 Å². The average molecular weight is 322 g/mol. The highest BCUT2D eigenvalue weighted by Gasteiger charge is 2.16. The van der Waals surface area contributed by atoms with Gasteiger partial charge in [-0.15, -0.1) is 0 Å². The maximum atomic E-state index is 13.9. The Bertz CT molecular complexity index is 687. The van der Waals surface area contributed by atoms with Crippen molar-refractivity contribution < 1.29 is 13.6 Å². The Kier molecular flexibility index (Phi) is 4.98. The normalized spacial score (nSPS) is 10.9. The van der Waals surface area contributed by atoms with Gasteiger partial charge in [0.15, 0.2) is 17.3 Å². The number of nitrogens with zero attached hydrogens (tertiary/aromatic N) is 2. The lowest BCUT2D eigenvalue weighted by Crippen LogP contribution is -2.16. The zero-order valence-electron chi connectivity index (χ0n) is 13.6. The molecule has 1 amide bonds. The zero-order valence-corrected chi connectivity index (χ0v) is 13.6. The molecular formula is C16H20F2N4O. The van der Waals surface area contributed by atoms with Crippen LogP contribution >= 0.6 is 0 Å². The van der Waals surface area contributed by atoms with Crippen LogP contribution in [0.4, 0.5) is 20.2 Å². The Morgan fingerprint density at radius 3 is 2.39 bits per heavy atom. The molecule has 0 aliphatic heterocycles. The van der Waals surface area contributed by atoms with Crippen molar-refractivity contribution in [2.24, 2.45) is 5.92 Å². The Hall–Kier alpha value is -2.44.